The predicted octanol–water partition coefficient (Wildman–Crippen LogP) is 1.56. The Bertz CT molecular complexity index is 319. The van der Waals surface area contributed by atoms with Crippen molar-refractivity contribution in [3.8, 4) is 0 Å². The normalized spacial score (nSPS) is 13.4. The molecule has 0 saturated carbocycles. The van der Waals surface area contributed by atoms with Crippen molar-refractivity contribution < 1.29 is 19.0 Å². The molecule has 0 aliphatic heterocycles. The summed E-state index contributed by atoms with van der Waals surface area (Å²) in [5.41, 5.74) is 0.820. The fourth-order valence-electron chi connectivity index (χ4n) is 1.62. The van der Waals surface area contributed by atoms with Gasteiger partial charge >= 0.3 is 0 Å². The van der Waals surface area contributed by atoms with Crippen LogP contribution in [0, 0.1) is 0 Å². The molecule has 0 heterocycles. The third-order valence-corrected chi connectivity index (χ3v) is 2.51. The third-order valence-electron chi connectivity index (χ3n) is 2.51. The van der Waals surface area contributed by atoms with Crippen molar-refractivity contribution in [1.82, 2.24) is 0 Å². The number of hydrogen-bond acceptors (Lipinski definition) is 4. The van der Waals surface area contributed by atoms with E-state index >= 15 is 0 Å². The minimum absolute atomic E-state index is 0.596. The zero-order chi connectivity index (χ0) is 12.0. The smallest absolute Gasteiger partial charge is 0.256 e. The van der Waals surface area contributed by atoms with Crippen molar-refractivity contribution in [2.45, 2.75) is 11.9 Å². The van der Waals surface area contributed by atoms with E-state index in [2.05, 4.69) is 0 Å². The molecule has 0 spiro atoms. The minimum atomic E-state index is -1.41. The van der Waals surface area contributed by atoms with Crippen molar-refractivity contribution in [1.29, 1.82) is 0 Å². The number of methoxy groups -OCH3 is 3. The van der Waals surface area contributed by atoms with Crippen LogP contribution >= 0.6 is 0 Å². The molecule has 4 nitrogen and oxygen atoms in total. The fraction of sp³-hybridized carbons (Fsp3) is 0.417. The molecule has 1 rings (SSSR count). The molecule has 1 aromatic rings. The maximum absolute atomic E-state index is 11.1. The number of ether oxygens (including phenoxy) is 3. The Morgan fingerprint density at radius 3 is 2.06 bits per heavy atom. The molecule has 16 heavy (non-hydrogen) atoms. The van der Waals surface area contributed by atoms with Gasteiger partial charge in [-0.3, -0.25) is 4.79 Å². The average molecular weight is 224 g/mol. The van der Waals surface area contributed by atoms with Crippen LogP contribution in [0.15, 0.2) is 30.3 Å². The Morgan fingerprint density at radius 1 is 1.12 bits per heavy atom. The first-order chi connectivity index (χ1) is 7.74. The van der Waals surface area contributed by atoms with Gasteiger partial charge in [0.1, 0.15) is 6.10 Å². The van der Waals surface area contributed by atoms with Gasteiger partial charge in [0.2, 0.25) is 0 Å². The van der Waals surface area contributed by atoms with Crippen LogP contribution in [0.2, 0.25) is 0 Å². The Balaban J connectivity index is 3.10. The molecule has 0 bridgehead atoms. The molecule has 0 aromatic heterocycles. The van der Waals surface area contributed by atoms with Crippen LogP contribution < -0.4 is 0 Å². The summed E-state index contributed by atoms with van der Waals surface area (Å²) in [6.45, 7) is 0. The first kappa shape index (κ1) is 12.8. The lowest BCUT2D eigenvalue weighted by Gasteiger charge is -2.32. The maximum atomic E-state index is 11.1. The number of benzene rings is 1. The van der Waals surface area contributed by atoms with Gasteiger partial charge in [0.25, 0.3) is 5.79 Å². The van der Waals surface area contributed by atoms with E-state index in [1.165, 1.54) is 21.3 Å². The molecule has 0 aliphatic rings. The molecule has 0 radical (unpaired) electrons. The molecule has 88 valence electrons. The number of aldehydes is 1. The molecular weight excluding hydrogens is 208 g/mol. The van der Waals surface area contributed by atoms with Crippen molar-refractivity contribution in [2.24, 2.45) is 0 Å². The highest BCUT2D eigenvalue weighted by atomic mass is 16.7. The van der Waals surface area contributed by atoms with E-state index in [-0.39, 0.29) is 0 Å². The van der Waals surface area contributed by atoms with Crippen molar-refractivity contribution in [2.75, 3.05) is 21.3 Å². The van der Waals surface area contributed by atoms with Crippen LogP contribution in [0.1, 0.15) is 11.7 Å². The monoisotopic (exact) mass is 224 g/mol. The summed E-state index contributed by atoms with van der Waals surface area (Å²) in [5.74, 6) is -1.41. The topological polar surface area (TPSA) is 44.8 Å². The summed E-state index contributed by atoms with van der Waals surface area (Å²) >= 11 is 0. The van der Waals surface area contributed by atoms with Crippen LogP contribution in [0.4, 0.5) is 0 Å². The van der Waals surface area contributed by atoms with E-state index in [1.807, 2.05) is 30.3 Å². The molecule has 0 fully saturated rings. The van der Waals surface area contributed by atoms with Crippen LogP contribution in [0.25, 0.3) is 0 Å². The van der Waals surface area contributed by atoms with Gasteiger partial charge in [-0.05, 0) is 5.56 Å². The van der Waals surface area contributed by atoms with Gasteiger partial charge in [0.15, 0.2) is 6.29 Å². The highest BCUT2D eigenvalue weighted by Crippen LogP contribution is 2.30. The Labute approximate surface area is 95.1 Å². The van der Waals surface area contributed by atoms with E-state index in [1.54, 1.807) is 0 Å². The van der Waals surface area contributed by atoms with Crippen LogP contribution in [-0.4, -0.2) is 33.4 Å². The third kappa shape index (κ3) is 2.29. The second-order valence-corrected chi connectivity index (χ2v) is 3.27. The summed E-state index contributed by atoms with van der Waals surface area (Å²) in [6.07, 6.45) is 0.00921. The van der Waals surface area contributed by atoms with E-state index < -0.39 is 11.9 Å². The van der Waals surface area contributed by atoms with E-state index in [0.29, 0.717) is 6.29 Å². The standard InChI is InChI=1S/C12H16O4/c1-14-11(10-7-5-4-6-8-10)12(9-13,15-2)16-3/h4-9,11H,1-3H3. The van der Waals surface area contributed by atoms with Crippen LogP contribution in [0.3, 0.4) is 0 Å². The first-order valence-electron chi connectivity index (χ1n) is 4.88. The van der Waals surface area contributed by atoms with E-state index in [0.717, 1.165) is 5.56 Å². The molecule has 1 aromatic carbocycles. The molecule has 1 atom stereocenters. The number of rotatable bonds is 6. The highest BCUT2D eigenvalue weighted by molar-refractivity contribution is 5.62. The summed E-state index contributed by atoms with van der Waals surface area (Å²) in [6, 6.07) is 9.32. The number of hydrogen-bond donors (Lipinski definition) is 0. The van der Waals surface area contributed by atoms with Gasteiger partial charge < -0.3 is 14.2 Å². The molecule has 0 aliphatic carbocycles. The van der Waals surface area contributed by atoms with Crippen molar-refractivity contribution >= 4 is 6.29 Å². The molecular formula is C12H16O4. The summed E-state index contributed by atoms with van der Waals surface area (Å²) in [4.78, 5) is 11.1. The molecule has 0 amide bonds. The lowest BCUT2D eigenvalue weighted by atomic mass is 10.0. The SMILES string of the molecule is COC(c1ccccc1)C(C=O)(OC)OC. The van der Waals surface area contributed by atoms with Gasteiger partial charge in [0, 0.05) is 21.3 Å². The first-order valence-corrected chi connectivity index (χ1v) is 4.88. The summed E-state index contributed by atoms with van der Waals surface area (Å²) in [7, 11) is 4.33. The second kappa shape index (κ2) is 5.75. The van der Waals surface area contributed by atoms with Crippen molar-refractivity contribution in [3.05, 3.63) is 35.9 Å². The molecule has 0 saturated heterocycles. The van der Waals surface area contributed by atoms with Crippen LogP contribution in [0.5, 0.6) is 0 Å². The predicted molar refractivity (Wildman–Crippen MR) is 59.0 cm³/mol. The Kier molecular flexibility index (Phi) is 4.61. The zero-order valence-electron chi connectivity index (χ0n) is 9.67. The van der Waals surface area contributed by atoms with Crippen LogP contribution in [-0.2, 0) is 19.0 Å². The zero-order valence-corrected chi connectivity index (χ0v) is 9.67. The van der Waals surface area contributed by atoms with Gasteiger partial charge in [0.05, 0.1) is 0 Å². The fourth-order valence-corrected chi connectivity index (χ4v) is 1.62. The van der Waals surface area contributed by atoms with E-state index in [4.69, 9.17) is 14.2 Å². The summed E-state index contributed by atoms with van der Waals surface area (Å²) < 4.78 is 15.6. The molecule has 4 heteroatoms. The molecule has 1 unspecified atom stereocenters. The maximum Gasteiger partial charge on any atom is 0.256 e. The Hall–Kier alpha value is -1.23. The lowest BCUT2D eigenvalue weighted by Crippen LogP contribution is -2.43. The largest absolute Gasteiger partial charge is 0.371 e. The van der Waals surface area contributed by atoms with Gasteiger partial charge in [-0.1, -0.05) is 30.3 Å². The van der Waals surface area contributed by atoms with Gasteiger partial charge in [-0.15, -0.1) is 0 Å². The minimum Gasteiger partial charge on any atom is -0.371 e. The van der Waals surface area contributed by atoms with Gasteiger partial charge in [-0.2, -0.15) is 0 Å². The average Bonchev–Trinajstić information content (AvgIpc) is 2.37. The quantitative estimate of drug-likeness (QED) is 0.543. The molecule has 0 N–H and O–H groups in total. The highest BCUT2D eigenvalue weighted by Gasteiger charge is 2.41. The van der Waals surface area contributed by atoms with Crippen molar-refractivity contribution in [3.63, 3.8) is 0 Å². The summed E-state index contributed by atoms with van der Waals surface area (Å²) in [5, 5.41) is 0. The number of carbonyl (C=O) groups is 1. The Morgan fingerprint density at radius 2 is 1.69 bits per heavy atom. The second-order valence-electron chi connectivity index (χ2n) is 3.27. The number of carbonyl (C=O) groups excluding carboxylic acids is 1. The van der Waals surface area contributed by atoms with E-state index in [9.17, 15) is 4.79 Å². The van der Waals surface area contributed by atoms with Gasteiger partial charge in [-0.25, -0.2) is 0 Å². The lowest BCUT2D eigenvalue weighted by molar-refractivity contribution is -0.244.